The molecule has 0 radical (unpaired) electrons. The summed E-state index contributed by atoms with van der Waals surface area (Å²) in [6.45, 7) is 5.82. The van der Waals surface area contributed by atoms with E-state index in [9.17, 15) is 19.2 Å². The number of nitrogens with one attached hydrogen (secondary N) is 3. The molecule has 28 heavy (non-hydrogen) atoms. The highest BCUT2D eigenvalue weighted by molar-refractivity contribution is 6.38. The van der Waals surface area contributed by atoms with Gasteiger partial charge in [-0.3, -0.25) is 14.4 Å². The summed E-state index contributed by atoms with van der Waals surface area (Å²) < 4.78 is 0. The van der Waals surface area contributed by atoms with Crippen LogP contribution < -0.4 is 16.0 Å². The van der Waals surface area contributed by atoms with Gasteiger partial charge < -0.3 is 21.1 Å². The molecule has 0 heterocycles. The standard InChI is InChI=1S/C20H29N3O5/c1-4-13(3)11-16(23-20(27)28)18(25)22-15(17(24)19(26)21-5-2)12-14-9-7-6-8-10-14/h6-10,13,15-16,23H,4-5,11-12H2,1-3H3,(H,21,26)(H,22,25)(H,27,28)/t13?,15?,16-/m0/s1. The summed E-state index contributed by atoms with van der Waals surface area (Å²) in [6.07, 6.45) is -0.123. The highest BCUT2D eigenvalue weighted by Crippen LogP contribution is 2.11. The molecule has 3 atom stereocenters. The molecule has 0 aliphatic rings. The van der Waals surface area contributed by atoms with Crippen LogP contribution in [0.5, 0.6) is 0 Å². The fraction of sp³-hybridized carbons (Fsp3) is 0.500. The van der Waals surface area contributed by atoms with Crippen LogP contribution in [-0.2, 0) is 20.8 Å². The van der Waals surface area contributed by atoms with Crippen LogP contribution in [-0.4, -0.2) is 47.4 Å². The minimum atomic E-state index is -1.32. The minimum absolute atomic E-state index is 0.106. The van der Waals surface area contributed by atoms with Crippen LogP contribution in [0.3, 0.4) is 0 Å². The van der Waals surface area contributed by atoms with E-state index in [0.29, 0.717) is 6.42 Å². The van der Waals surface area contributed by atoms with E-state index in [1.807, 2.05) is 19.9 Å². The zero-order valence-electron chi connectivity index (χ0n) is 16.5. The Kier molecular flexibility index (Phi) is 9.70. The van der Waals surface area contributed by atoms with Gasteiger partial charge in [-0.15, -0.1) is 0 Å². The average Bonchev–Trinajstić information content (AvgIpc) is 2.66. The molecule has 8 heteroatoms. The SMILES string of the molecule is CCNC(=O)C(=O)C(Cc1ccccc1)NC(=O)[C@H](CC(C)CC)NC(=O)O. The van der Waals surface area contributed by atoms with Crippen LogP contribution in [0, 0.1) is 5.92 Å². The van der Waals surface area contributed by atoms with Crippen molar-refractivity contribution in [3.8, 4) is 0 Å². The van der Waals surface area contributed by atoms with E-state index in [0.717, 1.165) is 12.0 Å². The molecule has 3 amide bonds. The average molecular weight is 391 g/mol. The quantitative estimate of drug-likeness (QED) is 0.425. The Morgan fingerprint density at radius 1 is 1.00 bits per heavy atom. The minimum Gasteiger partial charge on any atom is -0.465 e. The first-order valence-corrected chi connectivity index (χ1v) is 9.44. The van der Waals surface area contributed by atoms with Crippen LogP contribution in [0.1, 0.15) is 39.2 Å². The monoisotopic (exact) mass is 391 g/mol. The number of rotatable bonds is 11. The molecule has 1 aromatic rings. The molecule has 4 N–H and O–H groups in total. The lowest BCUT2D eigenvalue weighted by molar-refractivity contribution is -0.140. The predicted octanol–water partition coefficient (Wildman–Crippen LogP) is 1.49. The Morgan fingerprint density at radius 3 is 2.18 bits per heavy atom. The van der Waals surface area contributed by atoms with Crippen LogP contribution in [0.4, 0.5) is 4.79 Å². The van der Waals surface area contributed by atoms with E-state index in [-0.39, 0.29) is 18.9 Å². The largest absolute Gasteiger partial charge is 0.465 e. The molecule has 1 aromatic carbocycles. The number of likely N-dealkylation sites (N-methyl/N-ethyl adjacent to an activating group) is 1. The Morgan fingerprint density at radius 2 is 1.64 bits per heavy atom. The summed E-state index contributed by atoms with van der Waals surface area (Å²) in [6, 6.07) is 6.89. The Labute approximate surface area is 165 Å². The van der Waals surface area contributed by atoms with Gasteiger partial charge in [0.1, 0.15) is 12.1 Å². The number of carbonyl (C=O) groups excluding carboxylic acids is 3. The summed E-state index contributed by atoms with van der Waals surface area (Å²) in [7, 11) is 0. The number of amides is 3. The Hall–Kier alpha value is -2.90. The van der Waals surface area contributed by atoms with Crippen LogP contribution in [0.25, 0.3) is 0 Å². The van der Waals surface area contributed by atoms with Gasteiger partial charge in [0.05, 0.1) is 0 Å². The topological polar surface area (TPSA) is 125 Å². The fourth-order valence-corrected chi connectivity index (χ4v) is 2.69. The lowest BCUT2D eigenvalue weighted by atomic mass is 9.97. The molecule has 2 unspecified atom stereocenters. The van der Waals surface area contributed by atoms with Crippen molar-refractivity contribution in [2.75, 3.05) is 6.54 Å². The lowest BCUT2D eigenvalue weighted by Gasteiger charge is -2.23. The maximum atomic E-state index is 12.7. The first kappa shape index (κ1) is 23.1. The summed E-state index contributed by atoms with van der Waals surface area (Å²) in [4.78, 5) is 48.3. The smallest absolute Gasteiger partial charge is 0.405 e. The third-order valence-electron chi connectivity index (χ3n) is 4.43. The van der Waals surface area contributed by atoms with Crippen molar-refractivity contribution < 1.29 is 24.3 Å². The lowest BCUT2D eigenvalue weighted by Crippen LogP contribution is -2.54. The number of Topliss-reactive ketones (excluding diaryl/α,β-unsaturated/α-hetero) is 1. The van der Waals surface area contributed by atoms with Crippen molar-refractivity contribution >= 4 is 23.7 Å². The van der Waals surface area contributed by atoms with Crippen molar-refractivity contribution in [1.82, 2.24) is 16.0 Å². The molecule has 0 spiro atoms. The first-order chi connectivity index (χ1) is 13.3. The second-order valence-corrected chi connectivity index (χ2v) is 6.73. The second kappa shape index (κ2) is 11.7. The zero-order chi connectivity index (χ0) is 21.1. The second-order valence-electron chi connectivity index (χ2n) is 6.73. The maximum Gasteiger partial charge on any atom is 0.405 e. The van der Waals surface area contributed by atoms with E-state index in [4.69, 9.17) is 5.11 Å². The summed E-state index contributed by atoms with van der Waals surface area (Å²) in [5.41, 5.74) is 0.773. The van der Waals surface area contributed by atoms with E-state index in [2.05, 4.69) is 16.0 Å². The molecule has 0 aliphatic carbocycles. The van der Waals surface area contributed by atoms with Crippen LogP contribution in [0.2, 0.25) is 0 Å². The first-order valence-electron chi connectivity index (χ1n) is 9.44. The van der Waals surface area contributed by atoms with Crippen LogP contribution >= 0.6 is 0 Å². The molecule has 0 saturated heterocycles. The third kappa shape index (κ3) is 7.77. The molecule has 1 rings (SSSR count). The van der Waals surface area contributed by atoms with Gasteiger partial charge in [0.2, 0.25) is 11.7 Å². The fourth-order valence-electron chi connectivity index (χ4n) is 2.69. The molecule has 0 aromatic heterocycles. The van der Waals surface area contributed by atoms with Crippen molar-refractivity contribution in [2.24, 2.45) is 5.92 Å². The molecule has 0 saturated carbocycles. The number of benzene rings is 1. The number of hydrogen-bond acceptors (Lipinski definition) is 4. The molecule has 154 valence electrons. The van der Waals surface area contributed by atoms with E-state index >= 15 is 0 Å². The van der Waals surface area contributed by atoms with Gasteiger partial charge in [0.25, 0.3) is 5.91 Å². The van der Waals surface area contributed by atoms with Gasteiger partial charge >= 0.3 is 6.09 Å². The van der Waals surface area contributed by atoms with Crippen molar-refractivity contribution in [1.29, 1.82) is 0 Å². The van der Waals surface area contributed by atoms with E-state index in [1.54, 1.807) is 31.2 Å². The molecule has 0 aliphatic heterocycles. The van der Waals surface area contributed by atoms with Crippen LogP contribution in [0.15, 0.2) is 30.3 Å². The highest BCUT2D eigenvalue weighted by Gasteiger charge is 2.30. The Bertz CT molecular complexity index is 678. The summed E-state index contributed by atoms with van der Waals surface area (Å²) in [5.74, 6) is -2.07. The van der Waals surface area contributed by atoms with Crippen molar-refractivity contribution in [2.45, 2.75) is 52.1 Å². The molecular weight excluding hydrogens is 362 g/mol. The van der Waals surface area contributed by atoms with Gasteiger partial charge in [0.15, 0.2) is 0 Å². The summed E-state index contributed by atoms with van der Waals surface area (Å²) >= 11 is 0. The number of carboxylic acid groups (broad SMARTS) is 1. The van der Waals surface area contributed by atoms with Crippen molar-refractivity contribution in [3.05, 3.63) is 35.9 Å². The zero-order valence-corrected chi connectivity index (χ0v) is 16.5. The van der Waals surface area contributed by atoms with Gasteiger partial charge in [-0.1, -0.05) is 50.6 Å². The Balaban J connectivity index is 3.00. The number of carbonyl (C=O) groups is 4. The number of hydrogen-bond donors (Lipinski definition) is 4. The summed E-state index contributed by atoms with van der Waals surface area (Å²) in [5, 5.41) is 16.2. The molecule has 0 fully saturated rings. The number of ketones is 1. The van der Waals surface area contributed by atoms with E-state index < -0.39 is 35.8 Å². The molecule has 0 bridgehead atoms. The van der Waals surface area contributed by atoms with Gasteiger partial charge in [-0.05, 0) is 24.8 Å². The molecular formula is C20H29N3O5. The van der Waals surface area contributed by atoms with Gasteiger partial charge in [0, 0.05) is 13.0 Å². The molecule has 8 nitrogen and oxygen atoms in total. The normalized spacial score (nSPS) is 13.7. The van der Waals surface area contributed by atoms with Crippen molar-refractivity contribution in [3.63, 3.8) is 0 Å². The highest BCUT2D eigenvalue weighted by atomic mass is 16.4. The predicted molar refractivity (Wildman–Crippen MR) is 105 cm³/mol. The van der Waals surface area contributed by atoms with Gasteiger partial charge in [-0.25, -0.2) is 4.79 Å². The maximum absolute atomic E-state index is 12.7. The van der Waals surface area contributed by atoms with E-state index in [1.165, 1.54) is 0 Å². The third-order valence-corrected chi connectivity index (χ3v) is 4.43. The van der Waals surface area contributed by atoms with Gasteiger partial charge in [-0.2, -0.15) is 0 Å².